The fraction of sp³-hybridized carbons (Fsp3) is 0.571. The van der Waals surface area contributed by atoms with Crippen molar-refractivity contribution in [1.29, 1.82) is 0 Å². The highest BCUT2D eigenvalue weighted by atomic mass is 19.3. The summed E-state index contributed by atoms with van der Waals surface area (Å²) in [5, 5.41) is 0. The van der Waals surface area contributed by atoms with Crippen molar-refractivity contribution in [2.45, 2.75) is 83.0 Å². The third kappa shape index (κ3) is 4.61. The molecule has 2 saturated carbocycles. The van der Waals surface area contributed by atoms with Crippen LogP contribution >= 0.6 is 0 Å². The molecule has 0 heterocycles. The zero-order chi connectivity index (χ0) is 24.7. The molecule has 0 atom stereocenters. The van der Waals surface area contributed by atoms with Gasteiger partial charge in [-0.3, -0.25) is 0 Å². The molecule has 0 nitrogen and oxygen atoms in total. The van der Waals surface area contributed by atoms with Gasteiger partial charge in [-0.05, 0) is 74.7 Å². The molecule has 0 saturated heterocycles. The van der Waals surface area contributed by atoms with Gasteiger partial charge in [-0.2, -0.15) is 17.6 Å². The molecule has 0 radical (unpaired) electrons. The molecule has 0 aliphatic heterocycles. The van der Waals surface area contributed by atoms with E-state index in [0.717, 1.165) is 68.7 Å². The van der Waals surface area contributed by atoms with Crippen LogP contribution in [0.1, 0.15) is 82.3 Å². The monoisotopic (exact) mass is 482 g/mol. The highest BCUT2D eigenvalue weighted by Gasteiger charge is 2.60. The van der Waals surface area contributed by atoms with Crippen molar-refractivity contribution >= 4 is 6.08 Å². The van der Waals surface area contributed by atoms with Crippen LogP contribution in [-0.2, 0) is 0 Å². The molecule has 34 heavy (non-hydrogen) atoms. The Kier molecular flexibility index (Phi) is 7.08. The van der Waals surface area contributed by atoms with Gasteiger partial charge in [0.25, 0.3) is 0 Å². The molecule has 1 aromatic carbocycles. The molecule has 0 N–H and O–H groups in total. The van der Waals surface area contributed by atoms with E-state index < -0.39 is 34.6 Å². The molecule has 0 spiro atoms. The maximum atomic E-state index is 14.9. The molecule has 3 aliphatic rings. The minimum atomic E-state index is -4.42. The van der Waals surface area contributed by atoms with Gasteiger partial charge in [0.05, 0.1) is 0 Å². The molecule has 186 valence electrons. The minimum absolute atomic E-state index is 0.0662. The second-order valence-electron chi connectivity index (χ2n) is 10.5. The van der Waals surface area contributed by atoms with Crippen molar-refractivity contribution in [3.8, 4) is 0 Å². The zero-order valence-corrected chi connectivity index (χ0v) is 19.7. The molecule has 3 aliphatic carbocycles. The van der Waals surface area contributed by atoms with E-state index in [2.05, 4.69) is 6.92 Å². The first-order valence-electron chi connectivity index (χ1n) is 12.3. The van der Waals surface area contributed by atoms with Crippen molar-refractivity contribution in [1.82, 2.24) is 0 Å². The summed E-state index contributed by atoms with van der Waals surface area (Å²) in [6.07, 6.45) is 12.2. The molecule has 0 amide bonds. The Morgan fingerprint density at radius 3 is 1.94 bits per heavy atom. The summed E-state index contributed by atoms with van der Waals surface area (Å²) >= 11 is 0. The molecular weight excluding hydrogens is 450 g/mol. The number of hydrogen-bond donors (Lipinski definition) is 0. The van der Waals surface area contributed by atoms with E-state index in [4.69, 9.17) is 0 Å². The summed E-state index contributed by atoms with van der Waals surface area (Å²) in [6, 6.07) is 2.86. The Hall–Kier alpha value is -1.98. The van der Waals surface area contributed by atoms with Gasteiger partial charge >= 0.3 is 11.8 Å². The first-order valence-corrected chi connectivity index (χ1v) is 12.3. The maximum Gasteiger partial charge on any atom is 0.339 e. The average Bonchev–Trinajstić information content (AvgIpc) is 2.81. The van der Waals surface area contributed by atoms with Crippen LogP contribution in [-0.4, -0.2) is 11.8 Å². The number of hydrogen-bond acceptors (Lipinski definition) is 0. The smallest absolute Gasteiger partial charge is 0.203 e. The Labute approximate surface area is 197 Å². The average molecular weight is 483 g/mol. The SMILES string of the molecule is CC1=CC=C(/C=C/c2ccc(C3CCC(C4CCC(C)CC4)CC3)c(F)c2F)C(F)(F)C1(F)F. The molecule has 1 aromatic rings. The summed E-state index contributed by atoms with van der Waals surface area (Å²) in [6.45, 7) is 3.23. The largest absolute Gasteiger partial charge is 0.339 e. The Morgan fingerprint density at radius 2 is 1.32 bits per heavy atom. The normalized spacial score (nSPS) is 31.3. The van der Waals surface area contributed by atoms with Gasteiger partial charge in [0.2, 0.25) is 0 Å². The summed E-state index contributed by atoms with van der Waals surface area (Å²) < 4.78 is 85.9. The van der Waals surface area contributed by atoms with E-state index in [-0.39, 0.29) is 11.5 Å². The molecule has 6 heteroatoms. The molecule has 2 fully saturated rings. The fourth-order valence-corrected chi connectivity index (χ4v) is 5.88. The lowest BCUT2D eigenvalue weighted by molar-refractivity contribution is -0.160. The molecule has 0 aromatic heterocycles. The minimum Gasteiger partial charge on any atom is -0.203 e. The second-order valence-corrected chi connectivity index (χ2v) is 10.5. The van der Waals surface area contributed by atoms with E-state index in [0.29, 0.717) is 11.5 Å². The van der Waals surface area contributed by atoms with Gasteiger partial charge in [0.15, 0.2) is 11.6 Å². The van der Waals surface area contributed by atoms with Crippen LogP contribution in [0.25, 0.3) is 6.08 Å². The van der Waals surface area contributed by atoms with E-state index >= 15 is 0 Å². The van der Waals surface area contributed by atoms with Gasteiger partial charge in [0.1, 0.15) is 0 Å². The number of benzene rings is 1. The van der Waals surface area contributed by atoms with Gasteiger partial charge < -0.3 is 0 Å². The molecule has 0 bridgehead atoms. The van der Waals surface area contributed by atoms with Crippen LogP contribution in [0.2, 0.25) is 0 Å². The predicted octanol–water partition coefficient (Wildman–Crippen LogP) is 9.23. The van der Waals surface area contributed by atoms with Crippen molar-refractivity contribution in [3.63, 3.8) is 0 Å². The Bertz CT molecular complexity index is 986. The molecular formula is C28H32F6. The highest BCUT2D eigenvalue weighted by Crippen LogP contribution is 2.48. The Balaban J connectivity index is 1.45. The summed E-state index contributed by atoms with van der Waals surface area (Å²) in [5.74, 6) is -8.73. The highest BCUT2D eigenvalue weighted by molar-refractivity contribution is 5.57. The number of rotatable bonds is 4. The number of halogens is 6. The van der Waals surface area contributed by atoms with Crippen LogP contribution < -0.4 is 0 Å². The van der Waals surface area contributed by atoms with Crippen molar-refractivity contribution in [2.24, 2.45) is 17.8 Å². The van der Waals surface area contributed by atoms with Crippen molar-refractivity contribution < 1.29 is 26.3 Å². The molecule has 4 rings (SSSR count). The number of alkyl halides is 4. The van der Waals surface area contributed by atoms with E-state index in [1.165, 1.54) is 37.8 Å². The lowest BCUT2D eigenvalue weighted by Crippen LogP contribution is -2.44. The maximum absolute atomic E-state index is 14.9. The summed E-state index contributed by atoms with van der Waals surface area (Å²) in [7, 11) is 0. The first kappa shape index (κ1) is 25.1. The third-order valence-electron chi connectivity index (χ3n) is 8.29. The standard InChI is InChI=1S/C28H32F6/c1-17-3-6-19(7-4-17)20-8-10-21(11-9-20)24-16-13-22(25(29)26(24)30)12-15-23-14-5-18(2)27(31,32)28(23,33)34/h5,12-17,19-21H,3-4,6-11H2,1-2H3/b15-12+. The van der Waals surface area contributed by atoms with Gasteiger partial charge in [-0.25, -0.2) is 8.78 Å². The quantitative estimate of drug-likeness (QED) is 0.375. The summed E-state index contributed by atoms with van der Waals surface area (Å²) in [4.78, 5) is 0. The van der Waals surface area contributed by atoms with E-state index in [9.17, 15) is 26.3 Å². The van der Waals surface area contributed by atoms with Crippen LogP contribution in [0.3, 0.4) is 0 Å². The lowest BCUT2D eigenvalue weighted by atomic mass is 9.68. The second kappa shape index (κ2) is 9.58. The third-order valence-corrected chi connectivity index (χ3v) is 8.29. The molecule has 0 unspecified atom stereocenters. The lowest BCUT2D eigenvalue weighted by Gasteiger charge is -2.37. The van der Waals surface area contributed by atoms with Crippen LogP contribution in [0.5, 0.6) is 0 Å². The van der Waals surface area contributed by atoms with Gasteiger partial charge in [0, 0.05) is 16.7 Å². The zero-order valence-electron chi connectivity index (χ0n) is 19.7. The van der Waals surface area contributed by atoms with Crippen LogP contribution in [0.15, 0.2) is 41.5 Å². The predicted molar refractivity (Wildman–Crippen MR) is 123 cm³/mol. The fourth-order valence-electron chi connectivity index (χ4n) is 5.88. The van der Waals surface area contributed by atoms with Crippen LogP contribution in [0.4, 0.5) is 26.3 Å². The summed E-state index contributed by atoms with van der Waals surface area (Å²) in [5.41, 5.74) is -1.61. The van der Waals surface area contributed by atoms with Crippen molar-refractivity contribution in [3.05, 3.63) is 64.3 Å². The van der Waals surface area contributed by atoms with E-state index in [1.807, 2.05) is 0 Å². The van der Waals surface area contributed by atoms with Gasteiger partial charge in [-0.1, -0.05) is 56.2 Å². The van der Waals surface area contributed by atoms with Gasteiger partial charge in [-0.15, -0.1) is 0 Å². The number of allylic oxidation sites excluding steroid dienone is 5. The first-order chi connectivity index (χ1) is 16.0. The Morgan fingerprint density at radius 1 is 0.735 bits per heavy atom. The van der Waals surface area contributed by atoms with E-state index in [1.54, 1.807) is 0 Å². The topological polar surface area (TPSA) is 0 Å². The van der Waals surface area contributed by atoms with Crippen LogP contribution in [0, 0.1) is 29.4 Å². The van der Waals surface area contributed by atoms with Crippen molar-refractivity contribution in [2.75, 3.05) is 0 Å².